The molecule has 2 aliphatic heterocycles. The number of hydrogen-bond donors (Lipinski definition) is 1. The first-order valence-corrected chi connectivity index (χ1v) is 8.82. The van der Waals surface area contributed by atoms with Crippen LogP contribution in [0.4, 0.5) is 0 Å². The Morgan fingerprint density at radius 3 is 2.25 bits per heavy atom. The summed E-state index contributed by atoms with van der Waals surface area (Å²) in [4.78, 5) is 11.4. The van der Waals surface area contributed by atoms with Crippen LogP contribution in [0.25, 0.3) is 0 Å². The van der Waals surface area contributed by atoms with Crippen molar-refractivity contribution in [2.45, 2.75) is 51.5 Å². The van der Waals surface area contributed by atoms with Gasteiger partial charge >= 0.3 is 5.97 Å². The highest BCUT2D eigenvalue weighted by Gasteiger charge is 2.41. The molecular formula is C13H24N2O4S. The molecule has 1 N–H and O–H groups in total. The number of hydrogen-bond acceptors (Lipinski definition) is 3. The molecule has 2 rings (SSSR count). The lowest BCUT2D eigenvalue weighted by atomic mass is 9.94. The highest BCUT2D eigenvalue weighted by atomic mass is 32.2. The van der Waals surface area contributed by atoms with E-state index in [0.29, 0.717) is 26.1 Å². The van der Waals surface area contributed by atoms with Crippen LogP contribution in [0.15, 0.2) is 0 Å². The minimum atomic E-state index is -3.64. The van der Waals surface area contributed by atoms with E-state index in [0.717, 1.165) is 32.1 Å². The molecule has 2 fully saturated rings. The van der Waals surface area contributed by atoms with Crippen LogP contribution < -0.4 is 0 Å². The Hall–Kier alpha value is -0.660. The van der Waals surface area contributed by atoms with Crippen molar-refractivity contribution in [2.24, 2.45) is 5.92 Å². The second-order valence-electron chi connectivity index (χ2n) is 5.92. The van der Waals surface area contributed by atoms with E-state index in [2.05, 4.69) is 0 Å². The summed E-state index contributed by atoms with van der Waals surface area (Å²) in [6, 6.07) is -0.910. The molecule has 2 heterocycles. The van der Waals surface area contributed by atoms with Gasteiger partial charge in [0.25, 0.3) is 10.2 Å². The molecule has 0 aromatic rings. The van der Waals surface area contributed by atoms with Gasteiger partial charge in [0, 0.05) is 19.6 Å². The predicted molar refractivity (Wildman–Crippen MR) is 75.5 cm³/mol. The quantitative estimate of drug-likeness (QED) is 0.852. The summed E-state index contributed by atoms with van der Waals surface area (Å²) in [7, 11) is -3.64. The van der Waals surface area contributed by atoms with Crippen LogP contribution in [0.3, 0.4) is 0 Å². The van der Waals surface area contributed by atoms with Crippen LogP contribution >= 0.6 is 0 Å². The van der Waals surface area contributed by atoms with Crippen molar-refractivity contribution in [3.8, 4) is 0 Å². The second-order valence-corrected chi connectivity index (χ2v) is 7.80. The van der Waals surface area contributed by atoms with Gasteiger partial charge < -0.3 is 5.11 Å². The predicted octanol–water partition coefficient (Wildman–Crippen LogP) is 1.29. The summed E-state index contributed by atoms with van der Waals surface area (Å²) in [5, 5.41) is 9.32. The van der Waals surface area contributed by atoms with Crippen molar-refractivity contribution in [1.29, 1.82) is 0 Å². The summed E-state index contributed by atoms with van der Waals surface area (Å²) < 4.78 is 28.1. The minimum Gasteiger partial charge on any atom is -0.480 e. The van der Waals surface area contributed by atoms with Gasteiger partial charge in [0.15, 0.2) is 0 Å². The molecule has 0 radical (unpaired) electrons. The Morgan fingerprint density at radius 2 is 1.70 bits per heavy atom. The highest BCUT2D eigenvalue weighted by Crippen LogP contribution is 2.27. The van der Waals surface area contributed by atoms with E-state index in [-0.39, 0.29) is 5.92 Å². The molecule has 2 atom stereocenters. The van der Waals surface area contributed by atoms with Gasteiger partial charge in [-0.2, -0.15) is 17.0 Å². The Labute approximate surface area is 120 Å². The van der Waals surface area contributed by atoms with E-state index in [1.807, 2.05) is 6.92 Å². The van der Waals surface area contributed by atoms with Crippen molar-refractivity contribution in [3.05, 3.63) is 0 Å². The van der Waals surface area contributed by atoms with Gasteiger partial charge in [-0.25, -0.2) is 0 Å². The largest absolute Gasteiger partial charge is 0.480 e. The van der Waals surface area contributed by atoms with Gasteiger partial charge in [0.2, 0.25) is 0 Å². The number of carbonyl (C=O) groups is 1. The zero-order chi connectivity index (χ0) is 14.8. The SMILES string of the molecule is CC1CCN(S(=O)(=O)N2CCCCCC2)C(C(=O)O)C1. The van der Waals surface area contributed by atoms with Gasteiger partial charge in [0.1, 0.15) is 6.04 Å². The maximum atomic E-state index is 12.7. The van der Waals surface area contributed by atoms with E-state index >= 15 is 0 Å². The average molecular weight is 304 g/mol. The lowest BCUT2D eigenvalue weighted by Crippen LogP contribution is -2.54. The molecule has 116 valence electrons. The molecule has 0 bridgehead atoms. The molecular weight excluding hydrogens is 280 g/mol. The maximum Gasteiger partial charge on any atom is 0.322 e. The third-order valence-corrected chi connectivity index (χ3v) is 6.34. The van der Waals surface area contributed by atoms with Gasteiger partial charge in [0.05, 0.1) is 0 Å². The fraction of sp³-hybridized carbons (Fsp3) is 0.923. The molecule has 0 aromatic heterocycles. The molecule has 2 aliphatic rings. The topological polar surface area (TPSA) is 77.9 Å². The normalized spacial score (nSPS) is 30.9. The van der Waals surface area contributed by atoms with E-state index in [4.69, 9.17) is 0 Å². The average Bonchev–Trinajstić information content (AvgIpc) is 2.67. The molecule has 0 saturated carbocycles. The number of nitrogens with zero attached hydrogens (tertiary/aromatic N) is 2. The lowest BCUT2D eigenvalue weighted by molar-refractivity contribution is -0.143. The molecule has 0 aromatic carbocycles. The van der Waals surface area contributed by atoms with Crippen molar-refractivity contribution < 1.29 is 18.3 Å². The fourth-order valence-electron chi connectivity index (χ4n) is 3.04. The fourth-order valence-corrected chi connectivity index (χ4v) is 4.89. The Balaban J connectivity index is 2.19. The van der Waals surface area contributed by atoms with Gasteiger partial charge in [-0.15, -0.1) is 0 Å². The lowest BCUT2D eigenvalue weighted by Gasteiger charge is -2.37. The number of rotatable bonds is 3. The minimum absolute atomic E-state index is 0.256. The molecule has 0 spiro atoms. The number of carboxylic acid groups (broad SMARTS) is 1. The first-order valence-electron chi connectivity index (χ1n) is 7.42. The summed E-state index contributed by atoms with van der Waals surface area (Å²) >= 11 is 0. The van der Waals surface area contributed by atoms with Crippen LogP contribution in [-0.2, 0) is 15.0 Å². The third kappa shape index (κ3) is 3.32. The van der Waals surface area contributed by atoms with E-state index in [9.17, 15) is 18.3 Å². The Bertz CT molecular complexity index is 443. The van der Waals surface area contributed by atoms with Crippen molar-refractivity contribution in [2.75, 3.05) is 19.6 Å². The Morgan fingerprint density at radius 1 is 1.10 bits per heavy atom. The van der Waals surface area contributed by atoms with Crippen molar-refractivity contribution in [3.63, 3.8) is 0 Å². The van der Waals surface area contributed by atoms with Crippen LogP contribution in [0.5, 0.6) is 0 Å². The molecule has 20 heavy (non-hydrogen) atoms. The molecule has 7 heteroatoms. The third-order valence-electron chi connectivity index (χ3n) is 4.29. The summed E-state index contributed by atoms with van der Waals surface area (Å²) in [6.07, 6.45) is 4.96. The van der Waals surface area contributed by atoms with E-state index in [1.165, 1.54) is 8.61 Å². The Kier molecular flexibility index (Phi) is 5.04. The smallest absolute Gasteiger partial charge is 0.322 e. The van der Waals surface area contributed by atoms with Crippen LogP contribution in [-0.4, -0.2) is 53.8 Å². The molecule has 2 saturated heterocycles. The standard InChI is InChI=1S/C13H24N2O4S/c1-11-6-9-15(12(10-11)13(16)17)20(18,19)14-7-4-2-3-5-8-14/h11-12H,2-10H2,1H3,(H,16,17). The van der Waals surface area contributed by atoms with Crippen LogP contribution in [0, 0.1) is 5.92 Å². The van der Waals surface area contributed by atoms with Crippen molar-refractivity contribution in [1.82, 2.24) is 8.61 Å². The number of aliphatic carboxylic acids is 1. The summed E-state index contributed by atoms with van der Waals surface area (Å²) in [5.74, 6) is -0.776. The zero-order valence-electron chi connectivity index (χ0n) is 12.0. The van der Waals surface area contributed by atoms with E-state index < -0.39 is 22.2 Å². The highest BCUT2D eigenvalue weighted by molar-refractivity contribution is 7.86. The monoisotopic (exact) mass is 304 g/mol. The van der Waals surface area contributed by atoms with Crippen LogP contribution in [0.2, 0.25) is 0 Å². The molecule has 6 nitrogen and oxygen atoms in total. The first-order chi connectivity index (χ1) is 9.43. The van der Waals surface area contributed by atoms with Gasteiger partial charge in [-0.3, -0.25) is 4.79 Å². The summed E-state index contributed by atoms with van der Waals surface area (Å²) in [6.45, 7) is 3.32. The van der Waals surface area contributed by atoms with Crippen molar-refractivity contribution >= 4 is 16.2 Å². The zero-order valence-corrected chi connectivity index (χ0v) is 12.8. The maximum absolute atomic E-state index is 12.7. The summed E-state index contributed by atoms with van der Waals surface area (Å²) in [5.41, 5.74) is 0. The molecule has 2 unspecified atom stereocenters. The number of piperidine rings is 1. The second kappa shape index (κ2) is 6.41. The molecule has 0 amide bonds. The first kappa shape index (κ1) is 15.7. The van der Waals surface area contributed by atoms with Crippen LogP contribution in [0.1, 0.15) is 45.4 Å². The molecule has 0 aliphatic carbocycles. The van der Waals surface area contributed by atoms with Gasteiger partial charge in [-0.1, -0.05) is 19.8 Å². The van der Waals surface area contributed by atoms with E-state index in [1.54, 1.807) is 0 Å². The number of carboxylic acids is 1. The van der Waals surface area contributed by atoms with Gasteiger partial charge in [-0.05, 0) is 31.6 Å².